The lowest BCUT2D eigenvalue weighted by atomic mass is 10.2. The first-order chi connectivity index (χ1) is 6.27. The second-order valence-electron chi connectivity index (χ2n) is 3.24. The highest BCUT2D eigenvalue weighted by Gasteiger charge is 2.22. The van der Waals surface area contributed by atoms with Crippen LogP contribution < -0.4 is 5.32 Å². The zero-order valence-electron chi connectivity index (χ0n) is 7.42. The van der Waals surface area contributed by atoms with E-state index in [2.05, 4.69) is 17.6 Å². The Bertz CT molecular complexity index is 287. The zero-order chi connectivity index (χ0) is 9.26. The van der Waals surface area contributed by atoms with Gasteiger partial charge in [-0.1, -0.05) is 11.6 Å². The molecule has 1 aliphatic heterocycles. The maximum atomic E-state index is 6.08. The van der Waals surface area contributed by atoms with Crippen molar-refractivity contribution in [2.24, 2.45) is 0 Å². The van der Waals surface area contributed by atoms with Crippen LogP contribution in [0.15, 0.2) is 11.4 Å². The van der Waals surface area contributed by atoms with E-state index in [1.54, 1.807) is 11.3 Å². The van der Waals surface area contributed by atoms with Gasteiger partial charge in [0.05, 0.1) is 15.3 Å². The number of hydrogen-bond acceptors (Lipinski definition) is 3. The molecule has 1 fully saturated rings. The second kappa shape index (κ2) is 4.22. The van der Waals surface area contributed by atoms with E-state index in [4.69, 9.17) is 11.6 Å². The minimum absolute atomic E-state index is 0.413. The second-order valence-corrected chi connectivity index (χ2v) is 5.81. The third-order valence-corrected chi connectivity index (χ3v) is 4.90. The SMILES string of the molecule is CC1CCSC(c2sccc2Cl)N1. The van der Waals surface area contributed by atoms with Crippen LogP contribution in [0.3, 0.4) is 0 Å². The number of thioether (sulfide) groups is 1. The van der Waals surface area contributed by atoms with Crippen LogP contribution >= 0.6 is 34.7 Å². The fourth-order valence-electron chi connectivity index (χ4n) is 1.40. The molecular formula is C9H12ClNS2. The third-order valence-electron chi connectivity index (χ3n) is 2.15. The van der Waals surface area contributed by atoms with Crippen molar-refractivity contribution in [2.75, 3.05) is 5.75 Å². The first kappa shape index (κ1) is 9.84. The monoisotopic (exact) mass is 233 g/mol. The summed E-state index contributed by atoms with van der Waals surface area (Å²) in [5, 5.41) is 6.92. The number of hydrogen-bond donors (Lipinski definition) is 1. The van der Waals surface area contributed by atoms with E-state index in [1.165, 1.54) is 17.1 Å². The first-order valence-corrected chi connectivity index (χ1v) is 6.68. The van der Waals surface area contributed by atoms with Gasteiger partial charge in [-0.05, 0) is 30.5 Å². The molecule has 2 heterocycles. The van der Waals surface area contributed by atoms with Gasteiger partial charge in [0.2, 0.25) is 0 Å². The van der Waals surface area contributed by atoms with Gasteiger partial charge in [0, 0.05) is 6.04 Å². The summed E-state index contributed by atoms with van der Waals surface area (Å²) in [5.74, 6) is 1.23. The van der Waals surface area contributed by atoms with Crippen molar-refractivity contribution in [1.82, 2.24) is 5.32 Å². The Hall–Kier alpha value is 0.300. The molecule has 13 heavy (non-hydrogen) atoms. The van der Waals surface area contributed by atoms with Crippen molar-refractivity contribution >= 4 is 34.7 Å². The molecule has 0 spiro atoms. The van der Waals surface area contributed by atoms with Crippen molar-refractivity contribution in [2.45, 2.75) is 24.8 Å². The van der Waals surface area contributed by atoms with E-state index in [9.17, 15) is 0 Å². The van der Waals surface area contributed by atoms with E-state index in [0.29, 0.717) is 11.4 Å². The van der Waals surface area contributed by atoms with Crippen LogP contribution in [-0.4, -0.2) is 11.8 Å². The minimum atomic E-state index is 0.413. The molecule has 0 radical (unpaired) electrons. The molecule has 0 saturated carbocycles. The molecule has 1 aromatic heterocycles. The maximum Gasteiger partial charge on any atom is 0.0899 e. The Labute approximate surface area is 91.9 Å². The first-order valence-electron chi connectivity index (χ1n) is 4.38. The van der Waals surface area contributed by atoms with Gasteiger partial charge in [0.25, 0.3) is 0 Å². The average molecular weight is 234 g/mol. The van der Waals surface area contributed by atoms with E-state index in [1.807, 2.05) is 17.8 Å². The van der Waals surface area contributed by atoms with E-state index in [-0.39, 0.29) is 0 Å². The summed E-state index contributed by atoms with van der Waals surface area (Å²) in [5.41, 5.74) is 0. The van der Waals surface area contributed by atoms with Gasteiger partial charge in [-0.2, -0.15) is 0 Å². The molecule has 1 saturated heterocycles. The van der Waals surface area contributed by atoms with Crippen LogP contribution in [0.1, 0.15) is 23.6 Å². The number of thiophene rings is 1. The van der Waals surface area contributed by atoms with Gasteiger partial charge in [-0.15, -0.1) is 23.1 Å². The molecule has 0 amide bonds. The molecule has 2 unspecified atom stereocenters. The van der Waals surface area contributed by atoms with Gasteiger partial charge in [0.15, 0.2) is 0 Å². The van der Waals surface area contributed by atoms with Crippen LogP contribution in [-0.2, 0) is 0 Å². The summed E-state index contributed by atoms with van der Waals surface area (Å²) >= 11 is 9.77. The molecule has 72 valence electrons. The quantitative estimate of drug-likeness (QED) is 0.797. The highest BCUT2D eigenvalue weighted by atomic mass is 35.5. The van der Waals surface area contributed by atoms with E-state index >= 15 is 0 Å². The molecule has 0 aromatic carbocycles. The van der Waals surface area contributed by atoms with Crippen LogP contribution in [0.5, 0.6) is 0 Å². The smallest absolute Gasteiger partial charge is 0.0899 e. The summed E-state index contributed by atoms with van der Waals surface area (Å²) in [6.45, 7) is 2.23. The molecule has 2 atom stereocenters. The third kappa shape index (κ3) is 2.21. The summed E-state index contributed by atoms with van der Waals surface area (Å²) in [6, 6.07) is 2.59. The van der Waals surface area contributed by atoms with Crippen LogP contribution in [0, 0.1) is 0 Å². The van der Waals surface area contributed by atoms with Crippen molar-refractivity contribution < 1.29 is 0 Å². The predicted molar refractivity (Wildman–Crippen MR) is 61.7 cm³/mol. The topological polar surface area (TPSA) is 12.0 Å². The maximum absolute atomic E-state index is 6.08. The minimum Gasteiger partial charge on any atom is -0.298 e. The lowest BCUT2D eigenvalue weighted by Gasteiger charge is -2.27. The summed E-state index contributed by atoms with van der Waals surface area (Å²) in [4.78, 5) is 1.28. The molecule has 1 aromatic rings. The molecule has 4 heteroatoms. The van der Waals surface area contributed by atoms with E-state index in [0.717, 1.165) is 5.02 Å². The highest BCUT2D eigenvalue weighted by Crippen LogP contribution is 2.38. The normalized spacial score (nSPS) is 29.1. The van der Waals surface area contributed by atoms with Gasteiger partial charge in [-0.25, -0.2) is 0 Å². The number of rotatable bonds is 1. The van der Waals surface area contributed by atoms with Gasteiger partial charge >= 0.3 is 0 Å². The fourth-order valence-corrected chi connectivity index (χ4v) is 4.27. The van der Waals surface area contributed by atoms with Gasteiger partial charge in [0.1, 0.15) is 0 Å². The molecule has 0 bridgehead atoms. The molecule has 2 rings (SSSR count). The van der Waals surface area contributed by atoms with Gasteiger partial charge in [-0.3, -0.25) is 5.32 Å². The largest absolute Gasteiger partial charge is 0.298 e. The predicted octanol–water partition coefficient (Wildman–Crippen LogP) is 3.52. The number of halogens is 1. The van der Waals surface area contributed by atoms with Crippen LogP contribution in [0.4, 0.5) is 0 Å². The zero-order valence-corrected chi connectivity index (χ0v) is 9.81. The average Bonchev–Trinajstić information content (AvgIpc) is 2.51. The standard InChI is InChI=1S/C9H12ClNS2/c1-6-2-4-13-9(11-6)8-7(10)3-5-12-8/h3,5-6,9,11H,2,4H2,1H3. The van der Waals surface area contributed by atoms with Crippen LogP contribution in [0.25, 0.3) is 0 Å². The Kier molecular flexibility index (Phi) is 3.19. The van der Waals surface area contributed by atoms with Crippen LogP contribution in [0.2, 0.25) is 5.02 Å². The van der Waals surface area contributed by atoms with Crippen molar-refractivity contribution in [3.8, 4) is 0 Å². The van der Waals surface area contributed by atoms with Crippen molar-refractivity contribution in [1.29, 1.82) is 0 Å². The molecule has 1 aliphatic rings. The Balaban J connectivity index is 2.12. The van der Waals surface area contributed by atoms with E-state index < -0.39 is 0 Å². The molecule has 0 aliphatic carbocycles. The Morgan fingerprint density at radius 1 is 1.62 bits per heavy atom. The fraction of sp³-hybridized carbons (Fsp3) is 0.556. The Morgan fingerprint density at radius 3 is 3.08 bits per heavy atom. The summed E-state index contributed by atoms with van der Waals surface area (Å²) < 4.78 is 0. The molecule has 1 N–H and O–H groups in total. The summed E-state index contributed by atoms with van der Waals surface area (Å²) in [6.07, 6.45) is 1.25. The van der Waals surface area contributed by atoms with Crippen molar-refractivity contribution in [3.05, 3.63) is 21.3 Å². The molecule has 1 nitrogen and oxygen atoms in total. The lowest BCUT2D eigenvalue weighted by molar-refractivity contribution is 0.515. The highest BCUT2D eigenvalue weighted by molar-refractivity contribution is 7.99. The Morgan fingerprint density at radius 2 is 2.46 bits per heavy atom. The van der Waals surface area contributed by atoms with Crippen molar-refractivity contribution in [3.63, 3.8) is 0 Å². The lowest BCUT2D eigenvalue weighted by Crippen LogP contribution is -2.33. The summed E-state index contributed by atoms with van der Waals surface area (Å²) in [7, 11) is 0. The number of nitrogens with one attached hydrogen (secondary N) is 1. The van der Waals surface area contributed by atoms with Gasteiger partial charge < -0.3 is 0 Å². The molecular weight excluding hydrogens is 222 g/mol.